The van der Waals surface area contributed by atoms with Crippen LogP contribution in [0.2, 0.25) is 0 Å². The Kier molecular flexibility index (Phi) is 3.78. The molecule has 0 amide bonds. The van der Waals surface area contributed by atoms with Gasteiger partial charge in [0, 0.05) is 29.4 Å². The summed E-state index contributed by atoms with van der Waals surface area (Å²) in [5.74, 6) is -0.807. The van der Waals surface area contributed by atoms with Crippen LogP contribution in [0, 0.1) is 0 Å². The van der Waals surface area contributed by atoms with Gasteiger partial charge in [-0.25, -0.2) is 3.11 Å². The molecule has 0 aromatic carbocycles. The molecule has 0 bridgehead atoms. The van der Waals surface area contributed by atoms with Crippen molar-refractivity contribution in [3.63, 3.8) is 0 Å². The maximum absolute atomic E-state index is 10.7. The van der Waals surface area contributed by atoms with Gasteiger partial charge in [-0.05, 0) is 6.42 Å². The first-order chi connectivity index (χ1) is 5.16. The van der Waals surface area contributed by atoms with Gasteiger partial charge in [0.25, 0.3) is 0 Å². The molecule has 1 fully saturated rings. The fourth-order valence-corrected chi connectivity index (χ4v) is 2.51. The van der Waals surface area contributed by atoms with Crippen molar-refractivity contribution in [3.05, 3.63) is 0 Å². The molecule has 0 aromatic rings. The lowest BCUT2D eigenvalue weighted by molar-refractivity contribution is -0.141. The Bertz CT molecular complexity index is 166. The van der Waals surface area contributed by atoms with Crippen LogP contribution in [0.5, 0.6) is 0 Å². The van der Waals surface area contributed by atoms with Gasteiger partial charge in [0.15, 0.2) is 0 Å². The Morgan fingerprint density at radius 1 is 1.73 bits per heavy atom. The molecular weight excluding hydrogens is 376 g/mol. The maximum atomic E-state index is 10.7. The second-order valence-corrected chi connectivity index (χ2v) is 4.07. The van der Waals surface area contributed by atoms with E-state index in [0.717, 1.165) is 13.0 Å². The first-order valence-corrected chi connectivity index (χ1v) is 4.94. The molecular formula is C5H7I2NO3. The Morgan fingerprint density at radius 2 is 2.36 bits per heavy atom. The third kappa shape index (κ3) is 2.16. The van der Waals surface area contributed by atoms with E-state index in [4.69, 9.17) is 8.17 Å². The van der Waals surface area contributed by atoms with Crippen LogP contribution in [0.3, 0.4) is 0 Å². The Hall–Kier alpha value is 0.850. The summed E-state index contributed by atoms with van der Waals surface area (Å²) in [7, 11) is 0. The topological polar surface area (TPSA) is 49.8 Å². The molecule has 64 valence electrons. The quantitative estimate of drug-likeness (QED) is 0.576. The van der Waals surface area contributed by atoms with Gasteiger partial charge < -0.3 is 8.17 Å². The number of halogens is 2. The molecule has 0 saturated carbocycles. The molecule has 0 unspecified atom stereocenters. The monoisotopic (exact) mass is 383 g/mol. The number of carboxylic acid groups (broad SMARTS) is 1. The van der Waals surface area contributed by atoms with Gasteiger partial charge in [0.05, 0.1) is 6.10 Å². The standard InChI is InChI=1S/C5H7I2NO3/c6-8-2-1-3(11-7)4(8)5(9)10/h3-4H,1-2H2,(H,9,10)/t3-,4+/m1/s1. The molecule has 0 aromatic heterocycles. The molecule has 1 aliphatic heterocycles. The van der Waals surface area contributed by atoms with Gasteiger partial charge in [-0.3, -0.25) is 4.79 Å². The van der Waals surface area contributed by atoms with E-state index < -0.39 is 12.0 Å². The molecule has 0 spiro atoms. The summed E-state index contributed by atoms with van der Waals surface area (Å²) in [5, 5.41) is 8.76. The maximum Gasteiger partial charge on any atom is 0.324 e. The molecule has 6 heteroatoms. The SMILES string of the molecule is O=C(O)[C@@H]1[C@H](OI)CCN1I. The highest BCUT2D eigenvalue weighted by Crippen LogP contribution is 2.25. The van der Waals surface area contributed by atoms with Crippen LogP contribution < -0.4 is 0 Å². The highest BCUT2D eigenvalue weighted by Gasteiger charge is 2.38. The lowest BCUT2D eigenvalue weighted by Gasteiger charge is -2.16. The molecule has 4 nitrogen and oxygen atoms in total. The van der Waals surface area contributed by atoms with E-state index in [1.165, 1.54) is 0 Å². The molecule has 1 aliphatic rings. The molecule has 2 atom stereocenters. The summed E-state index contributed by atoms with van der Waals surface area (Å²) in [6, 6.07) is -0.479. The Morgan fingerprint density at radius 3 is 2.73 bits per heavy atom. The van der Waals surface area contributed by atoms with Crippen molar-refractivity contribution in [2.24, 2.45) is 0 Å². The molecule has 11 heavy (non-hydrogen) atoms. The molecule has 0 radical (unpaired) electrons. The van der Waals surface area contributed by atoms with Crippen LogP contribution in [0.25, 0.3) is 0 Å². The number of hydrogen-bond donors (Lipinski definition) is 1. The Balaban J connectivity index is 2.63. The minimum absolute atomic E-state index is 0.162. The van der Waals surface area contributed by atoms with Crippen molar-refractivity contribution in [1.29, 1.82) is 0 Å². The second kappa shape index (κ2) is 4.19. The van der Waals surface area contributed by atoms with Crippen molar-refractivity contribution in [2.45, 2.75) is 18.6 Å². The van der Waals surface area contributed by atoms with Crippen LogP contribution in [0.15, 0.2) is 0 Å². The van der Waals surface area contributed by atoms with Gasteiger partial charge in [0.1, 0.15) is 29.0 Å². The number of carbonyl (C=O) groups is 1. The molecule has 1 heterocycles. The van der Waals surface area contributed by atoms with Crippen molar-refractivity contribution in [1.82, 2.24) is 3.11 Å². The summed E-state index contributed by atoms with van der Waals surface area (Å²) in [5.41, 5.74) is 0. The predicted octanol–water partition coefficient (Wildman–Crippen LogP) is 1.23. The van der Waals surface area contributed by atoms with Crippen molar-refractivity contribution in [3.8, 4) is 0 Å². The molecule has 1 rings (SSSR count). The van der Waals surface area contributed by atoms with Gasteiger partial charge in [0.2, 0.25) is 0 Å². The summed E-state index contributed by atoms with van der Waals surface area (Å²) in [6.07, 6.45) is 0.632. The van der Waals surface area contributed by atoms with E-state index in [9.17, 15) is 4.79 Å². The summed E-state index contributed by atoms with van der Waals surface area (Å²) < 4.78 is 6.77. The highest BCUT2D eigenvalue weighted by atomic mass is 127. The molecule has 1 N–H and O–H groups in total. The van der Waals surface area contributed by atoms with Crippen molar-refractivity contribution in [2.75, 3.05) is 6.54 Å². The third-order valence-corrected chi connectivity index (χ3v) is 3.38. The van der Waals surface area contributed by atoms with E-state index in [2.05, 4.69) is 0 Å². The summed E-state index contributed by atoms with van der Waals surface area (Å²) >= 11 is 3.77. The van der Waals surface area contributed by atoms with Gasteiger partial charge in [-0.15, -0.1) is 0 Å². The lowest BCUT2D eigenvalue weighted by Crippen LogP contribution is -2.36. The zero-order valence-electron chi connectivity index (χ0n) is 5.54. The molecule has 0 aliphatic carbocycles. The van der Waals surface area contributed by atoms with E-state index in [1.54, 1.807) is 26.1 Å². The van der Waals surface area contributed by atoms with E-state index in [1.807, 2.05) is 22.9 Å². The van der Waals surface area contributed by atoms with Gasteiger partial charge >= 0.3 is 5.97 Å². The third-order valence-electron chi connectivity index (χ3n) is 1.65. The predicted molar refractivity (Wildman–Crippen MR) is 55.7 cm³/mol. The molecule has 1 saturated heterocycles. The highest BCUT2D eigenvalue weighted by molar-refractivity contribution is 14.1. The number of hydrogen-bond acceptors (Lipinski definition) is 3. The van der Waals surface area contributed by atoms with Crippen molar-refractivity contribution < 1.29 is 13.0 Å². The largest absolute Gasteiger partial charge is 0.480 e. The minimum atomic E-state index is -0.807. The van der Waals surface area contributed by atoms with Crippen LogP contribution in [0.4, 0.5) is 0 Å². The number of rotatable bonds is 2. The summed E-state index contributed by atoms with van der Waals surface area (Å²) in [6.45, 7) is 0.783. The first-order valence-electron chi connectivity index (χ1n) is 3.09. The number of nitrogens with zero attached hydrogens (tertiary/aromatic N) is 1. The van der Waals surface area contributed by atoms with Crippen LogP contribution >= 0.6 is 45.9 Å². The second-order valence-electron chi connectivity index (χ2n) is 2.32. The van der Waals surface area contributed by atoms with Crippen LogP contribution in [0.1, 0.15) is 6.42 Å². The fourth-order valence-electron chi connectivity index (χ4n) is 1.10. The smallest absolute Gasteiger partial charge is 0.324 e. The van der Waals surface area contributed by atoms with Crippen molar-refractivity contribution >= 4 is 51.8 Å². The summed E-state index contributed by atoms with van der Waals surface area (Å²) in [4.78, 5) is 10.7. The van der Waals surface area contributed by atoms with Gasteiger partial charge in [-0.2, -0.15) is 0 Å². The van der Waals surface area contributed by atoms with E-state index in [-0.39, 0.29) is 6.10 Å². The Labute approximate surface area is 92.5 Å². The lowest BCUT2D eigenvalue weighted by atomic mass is 10.2. The normalized spacial score (nSPS) is 32.5. The van der Waals surface area contributed by atoms with E-state index in [0.29, 0.717) is 0 Å². The van der Waals surface area contributed by atoms with E-state index >= 15 is 0 Å². The first kappa shape index (κ1) is 9.93. The minimum Gasteiger partial charge on any atom is -0.480 e. The van der Waals surface area contributed by atoms with Gasteiger partial charge in [-0.1, -0.05) is 0 Å². The average Bonchev–Trinajstić information content (AvgIpc) is 2.30. The average molecular weight is 383 g/mol. The van der Waals surface area contributed by atoms with Crippen LogP contribution in [-0.4, -0.2) is 32.9 Å². The number of aliphatic carboxylic acids is 1. The van der Waals surface area contributed by atoms with Crippen LogP contribution in [-0.2, 0) is 7.86 Å². The number of carboxylic acids is 1. The fraction of sp³-hybridized carbons (Fsp3) is 0.800. The zero-order chi connectivity index (χ0) is 8.43. The zero-order valence-corrected chi connectivity index (χ0v) is 9.85.